The van der Waals surface area contributed by atoms with Crippen molar-refractivity contribution in [2.75, 3.05) is 13.1 Å². The first kappa shape index (κ1) is 16.6. The Labute approximate surface area is 138 Å². The van der Waals surface area contributed by atoms with Crippen LogP contribution in [0.3, 0.4) is 0 Å². The van der Waals surface area contributed by atoms with Crippen LogP contribution in [0, 0.1) is 0 Å². The van der Waals surface area contributed by atoms with Gasteiger partial charge in [-0.15, -0.1) is 0 Å². The zero-order chi connectivity index (χ0) is 16.1. The van der Waals surface area contributed by atoms with Gasteiger partial charge in [0.05, 0.1) is 18.2 Å². The molecule has 1 amide bonds. The molecule has 3 aliphatic rings. The van der Waals surface area contributed by atoms with Crippen molar-refractivity contribution in [3.63, 3.8) is 0 Å². The number of carbonyl (C=O) groups excluding carboxylic acids is 1. The minimum absolute atomic E-state index is 0.0262. The molecule has 1 aliphatic carbocycles. The first-order valence-electron chi connectivity index (χ1n) is 9.24. The molecule has 0 aromatic carbocycles. The Balaban J connectivity index is 1.46. The maximum absolute atomic E-state index is 12.1. The summed E-state index contributed by atoms with van der Waals surface area (Å²) in [5, 5.41) is 9.78. The Morgan fingerprint density at radius 2 is 1.96 bits per heavy atom. The average molecular weight is 322 g/mol. The first-order valence-corrected chi connectivity index (χ1v) is 9.24. The van der Waals surface area contributed by atoms with Crippen molar-refractivity contribution in [3.8, 4) is 0 Å². The molecule has 3 atom stereocenters. The van der Waals surface area contributed by atoms with Gasteiger partial charge in [-0.05, 0) is 39.0 Å². The van der Waals surface area contributed by atoms with Gasteiger partial charge in [-0.2, -0.15) is 0 Å². The standard InChI is InChI=1S/C17H30N4O2/c1-2-18-17(21-14-10-13-8-9-15(14)23-13)19-11-16(22)20-12-6-4-3-5-7-12/h12-15H,2-11H2,1H3,(H,20,22)(H2,18,19,21). The second-order valence-corrected chi connectivity index (χ2v) is 6.96. The molecule has 0 aromatic rings. The third kappa shape index (κ3) is 4.59. The van der Waals surface area contributed by atoms with Gasteiger partial charge in [0.1, 0.15) is 6.54 Å². The fourth-order valence-corrected chi connectivity index (χ4v) is 3.96. The van der Waals surface area contributed by atoms with E-state index in [1.807, 2.05) is 6.92 Å². The normalized spacial score (nSPS) is 31.2. The van der Waals surface area contributed by atoms with Gasteiger partial charge in [0.25, 0.3) is 0 Å². The number of nitrogens with zero attached hydrogens (tertiary/aromatic N) is 1. The zero-order valence-electron chi connectivity index (χ0n) is 14.1. The summed E-state index contributed by atoms with van der Waals surface area (Å²) in [5.41, 5.74) is 0. The molecule has 0 radical (unpaired) electrons. The molecule has 2 heterocycles. The van der Waals surface area contributed by atoms with E-state index >= 15 is 0 Å². The van der Waals surface area contributed by atoms with Gasteiger partial charge in [-0.3, -0.25) is 4.79 Å². The summed E-state index contributed by atoms with van der Waals surface area (Å²) < 4.78 is 5.87. The van der Waals surface area contributed by atoms with Crippen LogP contribution in [-0.2, 0) is 9.53 Å². The van der Waals surface area contributed by atoms with Gasteiger partial charge in [0, 0.05) is 12.6 Å². The molecular formula is C17H30N4O2. The van der Waals surface area contributed by atoms with Crippen LogP contribution in [0.25, 0.3) is 0 Å². The highest BCUT2D eigenvalue weighted by Crippen LogP contribution is 2.34. The minimum atomic E-state index is 0.0262. The van der Waals surface area contributed by atoms with Crippen LogP contribution in [0.15, 0.2) is 4.99 Å². The van der Waals surface area contributed by atoms with Crippen LogP contribution in [0.1, 0.15) is 58.3 Å². The molecule has 0 spiro atoms. The van der Waals surface area contributed by atoms with Crippen LogP contribution in [0.5, 0.6) is 0 Å². The summed E-state index contributed by atoms with van der Waals surface area (Å²) in [6, 6.07) is 0.675. The fourth-order valence-electron chi connectivity index (χ4n) is 3.96. The molecule has 3 fully saturated rings. The number of nitrogens with one attached hydrogen (secondary N) is 3. The monoisotopic (exact) mass is 322 g/mol. The largest absolute Gasteiger partial charge is 0.373 e. The molecular weight excluding hydrogens is 292 g/mol. The summed E-state index contributed by atoms with van der Waals surface area (Å²) >= 11 is 0. The van der Waals surface area contributed by atoms with E-state index in [4.69, 9.17) is 4.74 Å². The molecule has 2 bridgehead atoms. The highest BCUT2D eigenvalue weighted by atomic mass is 16.5. The summed E-state index contributed by atoms with van der Waals surface area (Å²) in [5.74, 6) is 0.755. The Hall–Kier alpha value is -1.30. The quantitative estimate of drug-likeness (QED) is 0.527. The molecule has 23 heavy (non-hydrogen) atoms. The number of carbonyl (C=O) groups is 1. The molecule has 3 N–H and O–H groups in total. The summed E-state index contributed by atoms with van der Waals surface area (Å²) in [6.07, 6.45) is 10.0. The molecule has 6 nitrogen and oxygen atoms in total. The van der Waals surface area contributed by atoms with Crippen LogP contribution in [0.4, 0.5) is 0 Å². The lowest BCUT2D eigenvalue weighted by Gasteiger charge is -2.23. The van der Waals surface area contributed by atoms with Gasteiger partial charge >= 0.3 is 0 Å². The lowest BCUT2D eigenvalue weighted by Crippen LogP contribution is -2.48. The van der Waals surface area contributed by atoms with E-state index in [9.17, 15) is 4.79 Å². The van der Waals surface area contributed by atoms with Crippen LogP contribution >= 0.6 is 0 Å². The summed E-state index contributed by atoms with van der Waals surface area (Å²) in [6.45, 7) is 3.02. The number of fused-ring (bicyclic) bond motifs is 2. The van der Waals surface area contributed by atoms with Crippen molar-refractivity contribution in [1.82, 2.24) is 16.0 Å². The van der Waals surface area contributed by atoms with Crippen molar-refractivity contribution >= 4 is 11.9 Å². The average Bonchev–Trinajstić information content (AvgIpc) is 3.16. The van der Waals surface area contributed by atoms with Gasteiger partial charge < -0.3 is 20.7 Å². The Kier molecular flexibility index (Phi) is 5.75. The van der Waals surface area contributed by atoms with E-state index in [1.54, 1.807) is 0 Å². The lowest BCUT2D eigenvalue weighted by molar-refractivity contribution is -0.120. The van der Waals surface area contributed by atoms with Crippen LogP contribution < -0.4 is 16.0 Å². The first-order chi connectivity index (χ1) is 11.2. The second kappa shape index (κ2) is 7.99. The number of hydrogen-bond acceptors (Lipinski definition) is 3. The predicted octanol–water partition coefficient (Wildman–Crippen LogP) is 1.31. The Morgan fingerprint density at radius 3 is 2.61 bits per heavy atom. The Bertz CT molecular complexity index is 434. The number of ether oxygens (including phenoxy) is 1. The van der Waals surface area contributed by atoms with Crippen molar-refractivity contribution in [2.45, 2.75) is 82.6 Å². The highest BCUT2D eigenvalue weighted by molar-refractivity contribution is 5.85. The van der Waals surface area contributed by atoms with E-state index in [-0.39, 0.29) is 12.5 Å². The van der Waals surface area contributed by atoms with E-state index < -0.39 is 0 Å². The summed E-state index contributed by atoms with van der Waals surface area (Å²) in [7, 11) is 0. The molecule has 3 unspecified atom stereocenters. The van der Waals surface area contributed by atoms with E-state index in [0.717, 1.165) is 38.2 Å². The molecule has 130 valence electrons. The van der Waals surface area contributed by atoms with Crippen LogP contribution in [0.2, 0.25) is 0 Å². The molecule has 2 aliphatic heterocycles. The number of amides is 1. The lowest BCUT2D eigenvalue weighted by atomic mass is 9.95. The topological polar surface area (TPSA) is 74.8 Å². The smallest absolute Gasteiger partial charge is 0.242 e. The van der Waals surface area contributed by atoms with Crippen molar-refractivity contribution < 1.29 is 9.53 Å². The molecule has 6 heteroatoms. The number of guanidine groups is 1. The second-order valence-electron chi connectivity index (χ2n) is 6.96. The van der Waals surface area contributed by atoms with E-state index in [2.05, 4.69) is 20.9 Å². The van der Waals surface area contributed by atoms with Gasteiger partial charge in [-0.25, -0.2) is 4.99 Å². The molecule has 0 aromatic heterocycles. The maximum atomic E-state index is 12.1. The number of hydrogen-bond donors (Lipinski definition) is 3. The van der Waals surface area contributed by atoms with Gasteiger partial charge in [-0.1, -0.05) is 19.3 Å². The minimum Gasteiger partial charge on any atom is -0.373 e. The number of aliphatic imine (C=N–C) groups is 1. The third-order valence-corrected chi connectivity index (χ3v) is 5.12. The molecule has 1 saturated carbocycles. The van der Waals surface area contributed by atoms with E-state index in [0.29, 0.717) is 24.3 Å². The van der Waals surface area contributed by atoms with Crippen LogP contribution in [-0.4, -0.2) is 49.2 Å². The van der Waals surface area contributed by atoms with Crippen molar-refractivity contribution in [1.29, 1.82) is 0 Å². The zero-order valence-corrected chi connectivity index (χ0v) is 14.1. The van der Waals surface area contributed by atoms with E-state index in [1.165, 1.54) is 25.7 Å². The third-order valence-electron chi connectivity index (χ3n) is 5.12. The Morgan fingerprint density at radius 1 is 1.13 bits per heavy atom. The number of rotatable bonds is 5. The SMILES string of the molecule is CCNC(=NCC(=O)NC1CCCCC1)NC1CC2CCC1O2. The highest BCUT2D eigenvalue weighted by Gasteiger charge is 2.41. The summed E-state index contributed by atoms with van der Waals surface area (Å²) in [4.78, 5) is 16.5. The fraction of sp³-hybridized carbons (Fsp3) is 0.882. The molecule has 2 saturated heterocycles. The van der Waals surface area contributed by atoms with Gasteiger partial charge in [0.2, 0.25) is 5.91 Å². The van der Waals surface area contributed by atoms with Gasteiger partial charge in [0.15, 0.2) is 5.96 Å². The maximum Gasteiger partial charge on any atom is 0.242 e. The predicted molar refractivity (Wildman–Crippen MR) is 90.4 cm³/mol. The van der Waals surface area contributed by atoms with Crippen molar-refractivity contribution in [3.05, 3.63) is 0 Å². The van der Waals surface area contributed by atoms with Crippen molar-refractivity contribution in [2.24, 2.45) is 4.99 Å². The molecule has 3 rings (SSSR count).